The highest BCUT2D eigenvalue weighted by Gasteiger charge is 2.71. The fourth-order valence-electron chi connectivity index (χ4n) is 7.54. The molecule has 4 aliphatic heterocycles. The van der Waals surface area contributed by atoms with Crippen LogP contribution in [0.25, 0.3) is 0 Å². The largest absolute Gasteiger partial charge is 0.455 e. The Morgan fingerprint density at radius 3 is 2.46 bits per heavy atom. The number of amides is 3. The fraction of sp³-hybridized carbons (Fsp3) is 0.459. The second-order valence-electron chi connectivity index (χ2n) is 12.9. The molecule has 0 radical (unpaired) electrons. The van der Waals surface area contributed by atoms with E-state index in [-0.39, 0.29) is 37.3 Å². The van der Waals surface area contributed by atoms with Crippen molar-refractivity contribution in [2.24, 2.45) is 11.8 Å². The van der Waals surface area contributed by atoms with Crippen molar-refractivity contribution in [3.8, 4) is 0 Å². The molecule has 2 saturated heterocycles. The maximum atomic E-state index is 14.6. The Morgan fingerprint density at radius 1 is 0.958 bits per heavy atom. The Hall–Kier alpha value is -3.99. The third-order valence-corrected chi connectivity index (χ3v) is 10.0. The van der Waals surface area contributed by atoms with E-state index < -0.39 is 47.7 Å². The van der Waals surface area contributed by atoms with Gasteiger partial charge in [-0.2, -0.15) is 0 Å². The molecule has 2 aromatic rings. The molecular formula is C37H42ClN3O7. The molecule has 1 spiro atoms. The highest BCUT2D eigenvalue weighted by atomic mass is 35.5. The lowest BCUT2D eigenvalue weighted by atomic mass is 9.77. The van der Waals surface area contributed by atoms with Crippen LogP contribution in [0.5, 0.6) is 0 Å². The Balaban J connectivity index is 1.40. The molecule has 6 rings (SSSR count). The maximum absolute atomic E-state index is 14.6. The van der Waals surface area contributed by atoms with Gasteiger partial charge in [-0.15, -0.1) is 0 Å². The number of aliphatic hydroxyl groups excluding tert-OH is 1. The Labute approximate surface area is 285 Å². The van der Waals surface area contributed by atoms with Crippen molar-refractivity contribution in [2.45, 2.75) is 75.3 Å². The number of aliphatic hydroxyl groups is 1. The number of likely N-dealkylation sites (tertiary alicyclic amines) is 1. The number of rotatable bonds is 8. The summed E-state index contributed by atoms with van der Waals surface area (Å²) in [5, 5.41) is 12.8. The standard InChI is InChI=1S/C37H42ClN3O7/c1-24-32(25-12-5-4-6-13-25)47-36(46)30-28(14-7-8-15-29(43)39-24)48-37-20-11-22-40(27-18-16-26(38)17-19-27)35(45)33(37)41(34(44)31(30)37)21-9-2-3-10-23-42/h4-7,11-14,16-20,24,28,30-33,42H,2-3,8-10,15,21-23H2,1H3,(H,39,43)/b14-7-/t24-,28-,30+,31+,32+,33-,37+/m1/s1. The predicted molar refractivity (Wildman–Crippen MR) is 180 cm³/mol. The SMILES string of the molecule is C[C@H]1NC(=O)CC/C=C\[C@H]2O[C@]34C=CCN(c5ccc(Cl)cc5)C(=O)[C@H]3N(CCCCCCO)C(=O)[C@@H]4[C@H]2C(=O)O[C@@H]1c1ccccc1. The fourth-order valence-corrected chi connectivity index (χ4v) is 7.67. The van der Waals surface area contributed by atoms with Gasteiger partial charge < -0.3 is 29.7 Å². The number of anilines is 1. The maximum Gasteiger partial charge on any atom is 0.313 e. The van der Waals surface area contributed by atoms with Gasteiger partial charge in [0.05, 0.1) is 18.1 Å². The molecule has 4 heterocycles. The summed E-state index contributed by atoms with van der Waals surface area (Å²) in [5.74, 6) is -3.50. The van der Waals surface area contributed by atoms with E-state index in [0.29, 0.717) is 42.1 Å². The first-order valence-corrected chi connectivity index (χ1v) is 17.2. The van der Waals surface area contributed by atoms with Crippen molar-refractivity contribution < 1.29 is 33.8 Å². The average molecular weight is 676 g/mol. The van der Waals surface area contributed by atoms with Crippen LogP contribution < -0.4 is 10.2 Å². The van der Waals surface area contributed by atoms with Crippen LogP contribution >= 0.6 is 11.6 Å². The summed E-state index contributed by atoms with van der Waals surface area (Å²) in [5.41, 5.74) is -0.0911. The predicted octanol–water partition coefficient (Wildman–Crippen LogP) is 4.52. The molecule has 7 atom stereocenters. The number of cyclic esters (lactones) is 1. The number of unbranched alkanes of at least 4 members (excludes halogenated alkanes) is 3. The molecule has 0 aromatic heterocycles. The van der Waals surface area contributed by atoms with Crippen LogP contribution in [0.4, 0.5) is 5.69 Å². The van der Waals surface area contributed by atoms with E-state index in [9.17, 15) is 24.3 Å². The summed E-state index contributed by atoms with van der Waals surface area (Å²) in [7, 11) is 0. The number of nitrogens with one attached hydrogen (secondary N) is 1. The first kappa shape index (κ1) is 33.9. The van der Waals surface area contributed by atoms with E-state index in [0.717, 1.165) is 12.8 Å². The average Bonchev–Trinajstić information content (AvgIpc) is 3.46. The van der Waals surface area contributed by atoms with Gasteiger partial charge in [-0.25, -0.2) is 0 Å². The summed E-state index contributed by atoms with van der Waals surface area (Å²) in [4.78, 5) is 59.7. The van der Waals surface area contributed by atoms with Crippen LogP contribution in [0.2, 0.25) is 5.02 Å². The van der Waals surface area contributed by atoms with Gasteiger partial charge in [-0.3, -0.25) is 19.2 Å². The number of carbonyl (C=O) groups excluding carboxylic acids is 4. The molecule has 10 nitrogen and oxygen atoms in total. The second-order valence-corrected chi connectivity index (χ2v) is 13.4. The van der Waals surface area contributed by atoms with Gasteiger partial charge in [-0.1, -0.05) is 79.1 Å². The van der Waals surface area contributed by atoms with Gasteiger partial charge in [-0.05, 0) is 56.0 Å². The van der Waals surface area contributed by atoms with Crippen molar-refractivity contribution in [1.82, 2.24) is 10.2 Å². The zero-order valence-electron chi connectivity index (χ0n) is 27.0. The highest BCUT2D eigenvalue weighted by Crippen LogP contribution is 2.53. The molecule has 0 bridgehead atoms. The van der Waals surface area contributed by atoms with E-state index in [1.807, 2.05) is 36.4 Å². The van der Waals surface area contributed by atoms with Crippen LogP contribution in [0.1, 0.15) is 57.1 Å². The monoisotopic (exact) mass is 675 g/mol. The first-order chi connectivity index (χ1) is 23.2. The molecule has 4 aliphatic rings. The van der Waals surface area contributed by atoms with Crippen LogP contribution in [0, 0.1) is 11.8 Å². The molecule has 48 heavy (non-hydrogen) atoms. The highest BCUT2D eigenvalue weighted by molar-refractivity contribution is 6.30. The van der Waals surface area contributed by atoms with Crippen molar-refractivity contribution in [2.75, 3.05) is 24.6 Å². The summed E-state index contributed by atoms with van der Waals surface area (Å²) in [6.45, 7) is 2.42. The van der Waals surface area contributed by atoms with E-state index in [1.165, 1.54) is 0 Å². The minimum atomic E-state index is -1.43. The third-order valence-electron chi connectivity index (χ3n) is 9.79. The van der Waals surface area contributed by atoms with Gasteiger partial charge in [0.25, 0.3) is 5.91 Å². The normalized spacial score (nSPS) is 31.1. The van der Waals surface area contributed by atoms with Gasteiger partial charge in [0, 0.05) is 36.8 Å². The minimum Gasteiger partial charge on any atom is -0.455 e. The molecule has 11 heteroatoms. The quantitative estimate of drug-likeness (QED) is 0.240. The molecule has 2 fully saturated rings. The van der Waals surface area contributed by atoms with Crippen molar-refractivity contribution in [3.63, 3.8) is 0 Å². The molecule has 2 N–H and O–H groups in total. The lowest BCUT2D eigenvalue weighted by Crippen LogP contribution is -2.55. The summed E-state index contributed by atoms with van der Waals surface area (Å²) in [6.07, 6.45) is 8.94. The molecule has 0 aliphatic carbocycles. The number of benzene rings is 2. The van der Waals surface area contributed by atoms with Crippen LogP contribution in [-0.2, 0) is 28.7 Å². The minimum absolute atomic E-state index is 0.0919. The molecule has 254 valence electrons. The lowest BCUT2D eigenvalue weighted by Gasteiger charge is -2.35. The van der Waals surface area contributed by atoms with Gasteiger partial charge in [0.15, 0.2) is 0 Å². The van der Waals surface area contributed by atoms with Crippen LogP contribution in [-0.4, -0.2) is 77.2 Å². The van der Waals surface area contributed by atoms with E-state index >= 15 is 0 Å². The number of ether oxygens (including phenoxy) is 2. The Bertz CT molecular complexity index is 1560. The third kappa shape index (κ3) is 6.53. The smallest absolute Gasteiger partial charge is 0.313 e. The zero-order valence-corrected chi connectivity index (χ0v) is 27.8. The van der Waals surface area contributed by atoms with E-state index in [4.69, 9.17) is 21.1 Å². The Kier molecular flexibility index (Phi) is 10.3. The first-order valence-electron chi connectivity index (χ1n) is 16.8. The van der Waals surface area contributed by atoms with Gasteiger partial charge >= 0.3 is 5.97 Å². The number of hydrogen-bond donors (Lipinski definition) is 2. The number of fused-ring (bicyclic) bond motifs is 2. The van der Waals surface area contributed by atoms with Gasteiger partial charge in [0.2, 0.25) is 11.8 Å². The van der Waals surface area contributed by atoms with Crippen molar-refractivity contribution in [1.29, 1.82) is 0 Å². The van der Waals surface area contributed by atoms with Gasteiger partial charge in [0.1, 0.15) is 23.7 Å². The number of nitrogens with zero attached hydrogens (tertiary/aromatic N) is 2. The van der Waals surface area contributed by atoms with Crippen molar-refractivity contribution >= 4 is 41.0 Å². The number of allylic oxidation sites excluding steroid dienone is 1. The van der Waals surface area contributed by atoms with Crippen LogP contribution in [0.3, 0.4) is 0 Å². The number of esters is 1. The molecule has 0 saturated carbocycles. The van der Waals surface area contributed by atoms with E-state index in [1.54, 1.807) is 59.2 Å². The number of carbonyl (C=O) groups is 4. The second kappa shape index (κ2) is 14.6. The summed E-state index contributed by atoms with van der Waals surface area (Å²) in [6, 6.07) is 14.6. The van der Waals surface area contributed by atoms with Crippen LogP contribution in [0.15, 0.2) is 78.9 Å². The topological polar surface area (TPSA) is 125 Å². The number of hydrogen-bond acceptors (Lipinski definition) is 7. The van der Waals surface area contributed by atoms with E-state index in [2.05, 4.69) is 5.32 Å². The zero-order chi connectivity index (χ0) is 33.8. The molecule has 0 unspecified atom stereocenters. The molecule has 2 aromatic carbocycles. The molecule has 3 amide bonds. The lowest BCUT2D eigenvalue weighted by molar-refractivity contribution is -0.161. The molecular weight excluding hydrogens is 634 g/mol. The Morgan fingerprint density at radius 2 is 1.71 bits per heavy atom. The summed E-state index contributed by atoms with van der Waals surface area (Å²) >= 11 is 6.16. The van der Waals surface area contributed by atoms with Crippen molar-refractivity contribution in [3.05, 3.63) is 89.5 Å². The summed E-state index contributed by atoms with van der Waals surface area (Å²) < 4.78 is 13.1. The number of halogens is 1.